The predicted molar refractivity (Wildman–Crippen MR) is 84.3 cm³/mol. The second-order valence-corrected chi connectivity index (χ2v) is 4.92. The number of hydrogen-bond donors (Lipinski definition) is 3. The van der Waals surface area contributed by atoms with Crippen molar-refractivity contribution in [1.29, 1.82) is 0 Å². The fraction of sp³-hybridized carbons (Fsp3) is 0.769. The van der Waals surface area contributed by atoms with Crippen LogP contribution >= 0.6 is 11.6 Å². The van der Waals surface area contributed by atoms with Gasteiger partial charge in [0.2, 0.25) is 0 Å². The zero-order valence-electron chi connectivity index (χ0n) is 12.9. The summed E-state index contributed by atoms with van der Waals surface area (Å²) in [5, 5.41) is 7.60. The van der Waals surface area contributed by atoms with Gasteiger partial charge in [0, 0.05) is 19.5 Å². The van der Waals surface area contributed by atoms with Crippen LogP contribution in [0.25, 0.3) is 0 Å². The number of fused-ring (bicyclic) bond motifs is 1. The van der Waals surface area contributed by atoms with Crippen LogP contribution in [0.1, 0.15) is 25.5 Å². The minimum absolute atomic E-state index is 0.849. The number of rotatable bonds is 2. The maximum Gasteiger partial charge on any atom is 0.171 e. The number of aryl methyl sites for hydroxylation is 1. The van der Waals surface area contributed by atoms with E-state index in [0.29, 0.717) is 0 Å². The number of halogens is 1. The van der Waals surface area contributed by atoms with Crippen LogP contribution < -0.4 is 16.0 Å². The predicted octanol–water partition coefficient (Wildman–Crippen LogP) is 0.849. The molecule has 1 aromatic heterocycles. The zero-order valence-corrected chi connectivity index (χ0v) is 13.6. The van der Waals surface area contributed by atoms with E-state index in [4.69, 9.17) is 5.73 Å². The lowest BCUT2D eigenvalue weighted by Crippen LogP contribution is -3.02. The van der Waals surface area contributed by atoms with Gasteiger partial charge in [0.15, 0.2) is 5.82 Å². The first-order valence-corrected chi connectivity index (χ1v) is 7.55. The molecular weight excluding hydrogens is 262 g/mol. The average Bonchev–Trinajstić information content (AvgIpc) is 2.70. The SMILES string of the molecule is CCNc1nn2c(c1N)CCCC2.CCl.C[NH+](C)C. The molecule has 0 spiro atoms. The van der Waals surface area contributed by atoms with Gasteiger partial charge in [-0.15, -0.1) is 11.6 Å². The highest BCUT2D eigenvalue weighted by Crippen LogP contribution is 2.26. The van der Waals surface area contributed by atoms with Gasteiger partial charge in [0.05, 0.1) is 32.5 Å². The molecule has 0 aromatic carbocycles. The summed E-state index contributed by atoms with van der Waals surface area (Å²) in [5.41, 5.74) is 8.02. The molecule has 1 aliphatic rings. The van der Waals surface area contributed by atoms with Gasteiger partial charge in [-0.2, -0.15) is 5.10 Å². The van der Waals surface area contributed by atoms with Crippen LogP contribution in [0.4, 0.5) is 11.5 Å². The fourth-order valence-corrected chi connectivity index (χ4v) is 1.81. The molecule has 6 heteroatoms. The van der Waals surface area contributed by atoms with Crippen LogP contribution in [0.3, 0.4) is 0 Å². The van der Waals surface area contributed by atoms with E-state index in [0.717, 1.165) is 31.0 Å². The number of nitrogens with one attached hydrogen (secondary N) is 2. The van der Waals surface area contributed by atoms with Gasteiger partial charge in [-0.1, -0.05) is 0 Å². The summed E-state index contributed by atoms with van der Waals surface area (Å²) < 4.78 is 2.04. The summed E-state index contributed by atoms with van der Waals surface area (Å²) in [6, 6.07) is 0. The molecule has 1 aliphatic heterocycles. The van der Waals surface area contributed by atoms with Crippen LogP contribution in [0.5, 0.6) is 0 Å². The fourth-order valence-electron chi connectivity index (χ4n) is 1.81. The largest absolute Gasteiger partial charge is 0.394 e. The lowest BCUT2D eigenvalue weighted by atomic mass is 10.1. The monoisotopic (exact) mass is 290 g/mol. The second kappa shape index (κ2) is 9.92. The van der Waals surface area contributed by atoms with Crippen molar-refractivity contribution in [2.24, 2.45) is 0 Å². The van der Waals surface area contributed by atoms with E-state index in [1.807, 2.05) is 4.68 Å². The highest BCUT2D eigenvalue weighted by atomic mass is 35.5. The van der Waals surface area contributed by atoms with Gasteiger partial charge in [-0.25, -0.2) is 0 Å². The molecule has 4 N–H and O–H groups in total. The van der Waals surface area contributed by atoms with E-state index in [1.54, 1.807) is 0 Å². The average molecular weight is 291 g/mol. The van der Waals surface area contributed by atoms with Crippen molar-refractivity contribution in [2.45, 2.75) is 32.7 Å². The Kier molecular flexibility index (Phi) is 9.43. The molecule has 0 unspecified atom stereocenters. The van der Waals surface area contributed by atoms with Gasteiger partial charge in [0.25, 0.3) is 0 Å². The van der Waals surface area contributed by atoms with Gasteiger partial charge in [-0.05, 0) is 26.2 Å². The Balaban J connectivity index is 0.000000467. The number of nitrogens with zero attached hydrogens (tertiary/aromatic N) is 2. The molecular formula is C13H29ClN5+. The Morgan fingerprint density at radius 2 is 1.89 bits per heavy atom. The maximum atomic E-state index is 5.96. The van der Waals surface area contributed by atoms with Gasteiger partial charge in [0.1, 0.15) is 0 Å². The number of alkyl halides is 1. The Morgan fingerprint density at radius 3 is 2.37 bits per heavy atom. The number of nitrogen functional groups attached to an aromatic ring is 1. The van der Waals surface area contributed by atoms with Gasteiger partial charge >= 0.3 is 0 Å². The van der Waals surface area contributed by atoms with Crippen LogP contribution in [0.15, 0.2) is 0 Å². The second-order valence-electron chi connectivity index (χ2n) is 4.92. The number of quaternary nitrogens is 1. The van der Waals surface area contributed by atoms with E-state index in [2.05, 4.69) is 50.1 Å². The number of aromatic nitrogens is 2. The van der Waals surface area contributed by atoms with E-state index in [9.17, 15) is 0 Å². The summed E-state index contributed by atoms with van der Waals surface area (Å²) >= 11 is 4.64. The van der Waals surface area contributed by atoms with Crippen LogP contribution in [0.2, 0.25) is 0 Å². The molecule has 0 fully saturated rings. The molecule has 19 heavy (non-hydrogen) atoms. The third kappa shape index (κ3) is 6.16. The van der Waals surface area contributed by atoms with Crippen molar-refractivity contribution in [3.63, 3.8) is 0 Å². The Morgan fingerprint density at radius 1 is 1.32 bits per heavy atom. The summed E-state index contributed by atoms with van der Waals surface area (Å²) in [4.78, 5) is 1.42. The summed E-state index contributed by atoms with van der Waals surface area (Å²) in [6.07, 6.45) is 5.01. The van der Waals surface area contributed by atoms with Crippen molar-refractivity contribution in [3.05, 3.63) is 5.69 Å². The zero-order chi connectivity index (χ0) is 14.8. The summed E-state index contributed by atoms with van der Waals surface area (Å²) in [5.74, 6) is 0.861. The van der Waals surface area contributed by atoms with Crippen LogP contribution in [-0.4, -0.2) is 43.9 Å². The minimum atomic E-state index is 0.849. The van der Waals surface area contributed by atoms with Crippen molar-refractivity contribution in [2.75, 3.05) is 45.1 Å². The molecule has 0 saturated carbocycles. The topological polar surface area (TPSA) is 60.3 Å². The standard InChI is InChI=1S/C9H16N4.C3H9N.CH3Cl/c1-2-11-9-8(10)7-5-3-4-6-13(7)12-9;1-4(2)3;1-2/h2-6,10H2,1H3,(H,11,12);1-3H3;1H3/p+1. The number of nitrogens with two attached hydrogens (primary N) is 1. The quantitative estimate of drug-likeness (QED) is 0.708. The lowest BCUT2D eigenvalue weighted by Gasteiger charge is -2.12. The molecule has 0 radical (unpaired) electrons. The molecule has 5 nitrogen and oxygen atoms in total. The van der Waals surface area contributed by atoms with Crippen LogP contribution in [0, 0.1) is 0 Å². The molecule has 1 aromatic rings. The van der Waals surface area contributed by atoms with E-state index >= 15 is 0 Å². The van der Waals surface area contributed by atoms with Crippen molar-refractivity contribution in [1.82, 2.24) is 9.78 Å². The Labute approximate surface area is 122 Å². The molecule has 0 atom stereocenters. The molecule has 0 aliphatic carbocycles. The normalized spacial score (nSPS) is 12.8. The molecule has 2 rings (SSSR count). The number of anilines is 2. The highest BCUT2D eigenvalue weighted by Gasteiger charge is 2.17. The summed E-state index contributed by atoms with van der Waals surface area (Å²) in [7, 11) is 6.25. The maximum absolute atomic E-state index is 5.96. The Hall–Kier alpha value is -0.940. The molecule has 2 heterocycles. The molecule has 112 valence electrons. The van der Waals surface area contributed by atoms with Crippen molar-refractivity contribution in [3.8, 4) is 0 Å². The molecule has 0 bridgehead atoms. The first-order valence-electron chi connectivity index (χ1n) is 6.79. The van der Waals surface area contributed by atoms with E-state index < -0.39 is 0 Å². The van der Waals surface area contributed by atoms with E-state index in [1.165, 1.54) is 29.8 Å². The first kappa shape index (κ1) is 18.1. The number of hydrogen-bond acceptors (Lipinski definition) is 3. The molecule has 0 saturated heterocycles. The molecule has 0 amide bonds. The van der Waals surface area contributed by atoms with E-state index in [-0.39, 0.29) is 0 Å². The minimum Gasteiger partial charge on any atom is -0.394 e. The Bertz CT molecular complexity index is 346. The summed E-state index contributed by atoms with van der Waals surface area (Å²) in [6.45, 7) is 3.95. The lowest BCUT2D eigenvalue weighted by molar-refractivity contribution is -0.836. The smallest absolute Gasteiger partial charge is 0.171 e. The van der Waals surface area contributed by atoms with Crippen molar-refractivity contribution >= 4 is 23.1 Å². The van der Waals surface area contributed by atoms with Gasteiger partial charge < -0.3 is 16.0 Å². The van der Waals surface area contributed by atoms with Crippen molar-refractivity contribution < 1.29 is 4.90 Å². The van der Waals surface area contributed by atoms with Crippen LogP contribution in [-0.2, 0) is 13.0 Å². The highest BCUT2D eigenvalue weighted by molar-refractivity contribution is 6.15. The first-order chi connectivity index (χ1) is 9.06. The third-order valence-electron chi connectivity index (χ3n) is 2.48. The van der Waals surface area contributed by atoms with Gasteiger partial charge in [-0.3, -0.25) is 4.68 Å². The third-order valence-corrected chi connectivity index (χ3v) is 2.48.